The summed E-state index contributed by atoms with van der Waals surface area (Å²) in [6, 6.07) is 107. The summed E-state index contributed by atoms with van der Waals surface area (Å²) in [4.78, 5) is 2.49. The van der Waals surface area contributed by atoms with Gasteiger partial charge in [0.05, 0.1) is 22.1 Å². The number of aromatic nitrogens is 1. The highest BCUT2D eigenvalue weighted by Crippen LogP contribution is 2.57. The molecule has 1 aliphatic rings. The third-order valence-corrected chi connectivity index (χ3v) is 15.3. The lowest BCUT2D eigenvalue weighted by Gasteiger charge is -2.35. The molecule has 1 heterocycles. The molecule has 14 rings (SSSR count). The molecule has 1 aromatic heterocycles. The van der Waals surface area contributed by atoms with Crippen molar-refractivity contribution in [1.29, 1.82) is 0 Å². The van der Waals surface area contributed by atoms with E-state index in [4.69, 9.17) is 0 Å². The van der Waals surface area contributed by atoms with Crippen LogP contribution in [-0.2, 0) is 5.41 Å². The van der Waals surface area contributed by atoms with Crippen LogP contribution in [0.4, 0.5) is 17.1 Å². The lowest BCUT2D eigenvalue weighted by Crippen LogP contribution is -2.28. The van der Waals surface area contributed by atoms with Crippen molar-refractivity contribution >= 4 is 49.6 Å². The molecule has 2 nitrogen and oxygen atoms in total. The molecule has 342 valence electrons. The van der Waals surface area contributed by atoms with E-state index in [0.717, 1.165) is 28.2 Å². The van der Waals surface area contributed by atoms with Crippen LogP contribution in [0.1, 0.15) is 22.3 Å². The first-order chi connectivity index (χ1) is 36.2. The molecule has 0 radical (unpaired) electrons. The van der Waals surface area contributed by atoms with Crippen LogP contribution in [0.15, 0.2) is 291 Å². The van der Waals surface area contributed by atoms with Gasteiger partial charge in [0.25, 0.3) is 0 Å². The second-order valence-corrected chi connectivity index (χ2v) is 19.2. The Hall–Kier alpha value is -9.50. The van der Waals surface area contributed by atoms with Gasteiger partial charge in [-0.25, -0.2) is 0 Å². The molecule has 73 heavy (non-hydrogen) atoms. The molecule has 0 fully saturated rings. The Morgan fingerprint density at radius 2 is 0.795 bits per heavy atom. The lowest BCUT2D eigenvalue weighted by atomic mass is 9.67. The van der Waals surface area contributed by atoms with Gasteiger partial charge in [0.1, 0.15) is 0 Å². The fourth-order valence-corrected chi connectivity index (χ4v) is 12.0. The summed E-state index contributed by atoms with van der Waals surface area (Å²) < 4.78 is 2.37. The molecular weight excluding hydrogens is 881 g/mol. The summed E-state index contributed by atoms with van der Waals surface area (Å²) in [5.41, 5.74) is 21.0. The van der Waals surface area contributed by atoms with Crippen LogP contribution in [-0.4, -0.2) is 4.57 Å². The van der Waals surface area contributed by atoms with Crippen molar-refractivity contribution in [2.45, 2.75) is 5.41 Å². The first kappa shape index (κ1) is 42.4. The van der Waals surface area contributed by atoms with Gasteiger partial charge in [-0.2, -0.15) is 0 Å². The van der Waals surface area contributed by atoms with Gasteiger partial charge in [-0.1, -0.05) is 231 Å². The van der Waals surface area contributed by atoms with Crippen molar-refractivity contribution in [2.75, 3.05) is 4.90 Å². The summed E-state index contributed by atoms with van der Waals surface area (Å²) in [5, 5.41) is 4.90. The van der Waals surface area contributed by atoms with E-state index >= 15 is 0 Å². The minimum atomic E-state index is -0.539. The Balaban J connectivity index is 0.924. The summed E-state index contributed by atoms with van der Waals surface area (Å²) in [6.07, 6.45) is 0. The predicted octanol–water partition coefficient (Wildman–Crippen LogP) is 18.8. The minimum Gasteiger partial charge on any atom is -0.310 e. The average molecular weight is 929 g/mol. The molecule has 0 N–H and O–H groups in total. The largest absolute Gasteiger partial charge is 0.310 e. The van der Waals surface area contributed by atoms with Crippen molar-refractivity contribution in [3.05, 3.63) is 313 Å². The first-order valence-corrected chi connectivity index (χ1v) is 25.2. The van der Waals surface area contributed by atoms with Crippen molar-refractivity contribution in [3.63, 3.8) is 0 Å². The maximum Gasteiger partial charge on any atom is 0.0714 e. The maximum atomic E-state index is 2.49. The number of benzene rings is 12. The van der Waals surface area contributed by atoms with E-state index in [1.54, 1.807) is 0 Å². The fourth-order valence-electron chi connectivity index (χ4n) is 12.0. The van der Waals surface area contributed by atoms with E-state index in [9.17, 15) is 0 Å². The van der Waals surface area contributed by atoms with Crippen LogP contribution in [0.25, 0.3) is 82.8 Å². The Bertz CT molecular complexity index is 4140. The molecular formula is C71H48N2. The van der Waals surface area contributed by atoms with Gasteiger partial charge >= 0.3 is 0 Å². The number of hydrogen-bond acceptors (Lipinski definition) is 1. The molecule has 0 unspecified atom stereocenters. The molecule has 0 saturated heterocycles. The Morgan fingerprint density at radius 3 is 1.52 bits per heavy atom. The fraction of sp³-hybridized carbons (Fsp3) is 0.0141. The summed E-state index contributed by atoms with van der Waals surface area (Å²) in [7, 11) is 0. The number of hydrogen-bond donors (Lipinski definition) is 0. The zero-order valence-electron chi connectivity index (χ0n) is 40.1. The highest BCUT2D eigenvalue weighted by atomic mass is 15.1. The van der Waals surface area contributed by atoms with Gasteiger partial charge < -0.3 is 9.47 Å². The number of anilines is 3. The minimum absolute atomic E-state index is 0.539. The Morgan fingerprint density at radius 1 is 0.274 bits per heavy atom. The second-order valence-electron chi connectivity index (χ2n) is 19.2. The van der Waals surface area contributed by atoms with E-state index in [2.05, 4.69) is 301 Å². The molecule has 0 saturated carbocycles. The number of para-hydroxylation sites is 2. The van der Waals surface area contributed by atoms with Crippen molar-refractivity contribution < 1.29 is 0 Å². The molecule has 12 aromatic carbocycles. The summed E-state index contributed by atoms with van der Waals surface area (Å²) >= 11 is 0. The van der Waals surface area contributed by atoms with Gasteiger partial charge in [-0.05, 0) is 133 Å². The monoisotopic (exact) mass is 928 g/mol. The molecule has 0 amide bonds. The molecule has 0 atom stereocenters. The van der Waals surface area contributed by atoms with Crippen LogP contribution >= 0.6 is 0 Å². The quantitative estimate of drug-likeness (QED) is 0.140. The number of nitrogens with zero attached hydrogens (tertiary/aromatic N) is 2. The highest BCUT2D eigenvalue weighted by molar-refractivity contribution is 6.11. The topological polar surface area (TPSA) is 8.17 Å². The molecule has 0 bridgehead atoms. The van der Waals surface area contributed by atoms with Crippen molar-refractivity contribution in [3.8, 4) is 50.2 Å². The van der Waals surface area contributed by atoms with E-state index < -0.39 is 5.41 Å². The van der Waals surface area contributed by atoms with E-state index in [-0.39, 0.29) is 0 Å². The normalized spacial score (nSPS) is 12.5. The smallest absolute Gasteiger partial charge is 0.0714 e. The molecule has 1 aliphatic carbocycles. The zero-order valence-corrected chi connectivity index (χ0v) is 40.1. The SMILES string of the molecule is c1ccc(-c2ccc(N(c3cccc(-c4ccc(-c5ccc6c(c5)c5ccccc5n6-c5ccccc5)cc4)c3)c3ccc4c(c3)C(c3ccccc3)(c3ccccc3)c3ccccc3-4)c3ccccc23)cc1. The lowest BCUT2D eigenvalue weighted by molar-refractivity contribution is 0.768. The standard InChI is InChI=1S/C71H48N2/c1-5-20-51(21-6-1)59-43-45-69(63-32-14-13-30-60(59)63)72(58-41-42-62-61-31-15-17-34-66(61)71(67(62)48-58,54-23-7-2-8-24-54)55-25-9-3-10-26-55)57-29-19-22-52(46-57)49-36-38-50(39-37-49)53-40-44-70-65(47-53)64-33-16-18-35-68(64)73(70)56-27-11-4-12-28-56/h1-48H. The summed E-state index contributed by atoms with van der Waals surface area (Å²) in [6.45, 7) is 0. The average Bonchev–Trinajstić information content (AvgIpc) is 3.96. The van der Waals surface area contributed by atoms with E-state index in [1.807, 2.05) is 0 Å². The van der Waals surface area contributed by atoms with Crippen LogP contribution in [0.3, 0.4) is 0 Å². The molecule has 0 aliphatic heterocycles. The third-order valence-electron chi connectivity index (χ3n) is 15.3. The van der Waals surface area contributed by atoms with Crippen LogP contribution in [0.5, 0.6) is 0 Å². The molecule has 2 heteroatoms. The Labute approximate surface area is 426 Å². The van der Waals surface area contributed by atoms with Gasteiger partial charge in [-0.3, -0.25) is 0 Å². The molecule has 13 aromatic rings. The van der Waals surface area contributed by atoms with Crippen molar-refractivity contribution in [2.24, 2.45) is 0 Å². The third kappa shape index (κ3) is 6.87. The highest BCUT2D eigenvalue weighted by Gasteiger charge is 2.46. The van der Waals surface area contributed by atoms with Crippen LogP contribution < -0.4 is 4.90 Å². The number of rotatable bonds is 9. The van der Waals surface area contributed by atoms with Crippen molar-refractivity contribution in [1.82, 2.24) is 4.57 Å². The molecule has 0 spiro atoms. The second kappa shape index (κ2) is 17.4. The Kier molecular flexibility index (Phi) is 10.1. The van der Waals surface area contributed by atoms with Gasteiger partial charge in [-0.15, -0.1) is 0 Å². The summed E-state index contributed by atoms with van der Waals surface area (Å²) in [5.74, 6) is 0. The zero-order chi connectivity index (χ0) is 48.3. The van der Waals surface area contributed by atoms with Crippen LogP contribution in [0.2, 0.25) is 0 Å². The van der Waals surface area contributed by atoms with E-state index in [1.165, 1.54) is 93.9 Å². The maximum absolute atomic E-state index is 2.49. The van der Waals surface area contributed by atoms with Gasteiger partial charge in [0, 0.05) is 33.2 Å². The van der Waals surface area contributed by atoms with E-state index in [0.29, 0.717) is 0 Å². The first-order valence-electron chi connectivity index (χ1n) is 25.2. The predicted molar refractivity (Wildman–Crippen MR) is 307 cm³/mol. The van der Waals surface area contributed by atoms with Gasteiger partial charge in [0.2, 0.25) is 0 Å². The number of fused-ring (bicyclic) bond motifs is 7. The van der Waals surface area contributed by atoms with Crippen LogP contribution in [0, 0.1) is 0 Å². The van der Waals surface area contributed by atoms with Gasteiger partial charge in [0.15, 0.2) is 0 Å².